The van der Waals surface area contributed by atoms with E-state index in [1.165, 1.54) is 22.8 Å². The molecule has 1 aromatic carbocycles. The van der Waals surface area contributed by atoms with Crippen LogP contribution < -0.4 is 5.32 Å². The monoisotopic (exact) mass is 495 g/mol. The average molecular weight is 496 g/mol. The molecular formula is C20H22BrN3O5S. The summed E-state index contributed by atoms with van der Waals surface area (Å²) in [6, 6.07) is 8.44. The molecule has 3 rings (SSSR count). The summed E-state index contributed by atoms with van der Waals surface area (Å²) in [5, 5.41) is 2.68. The lowest BCUT2D eigenvalue weighted by Gasteiger charge is -2.29. The molecule has 30 heavy (non-hydrogen) atoms. The molecule has 2 aromatic rings. The van der Waals surface area contributed by atoms with Gasteiger partial charge in [0.2, 0.25) is 10.0 Å². The van der Waals surface area contributed by atoms with Crippen LogP contribution >= 0.6 is 15.9 Å². The van der Waals surface area contributed by atoms with E-state index in [9.17, 15) is 18.0 Å². The first-order valence-electron chi connectivity index (χ1n) is 9.40. The number of ether oxygens (including phenoxy) is 1. The van der Waals surface area contributed by atoms with E-state index in [1.54, 1.807) is 12.1 Å². The number of hydrogen-bond acceptors (Lipinski definition) is 6. The highest BCUT2D eigenvalue weighted by atomic mass is 79.9. The van der Waals surface area contributed by atoms with Crippen molar-refractivity contribution in [1.29, 1.82) is 0 Å². The quantitative estimate of drug-likeness (QED) is 0.617. The fourth-order valence-corrected chi connectivity index (χ4v) is 4.84. The number of anilines is 1. The van der Waals surface area contributed by atoms with Gasteiger partial charge >= 0.3 is 5.97 Å². The van der Waals surface area contributed by atoms with Crippen LogP contribution in [0.3, 0.4) is 0 Å². The minimum atomic E-state index is -3.63. The molecule has 10 heteroatoms. The van der Waals surface area contributed by atoms with Gasteiger partial charge in [0, 0.05) is 35.6 Å². The molecule has 8 nitrogen and oxygen atoms in total. The molecule has 1 fully saturated rings. The van der Waals surface area contributed by atoms with Crippen molar-refractivity contribution in [3.05, 3.63) is 52.8 Å². The van der Waals surface area contributed by atoms with Crippen LogP contribution in [0, 0.1) is 12.8 Å². The molecule has 0 radical (unpaired) electrons. The lowest BCUT2D eigenvalue weighted by Crippen LogP contribution is -2.40. The lowest BCUT2D eigenvalue weighted by atomic mass is 9.98. The Morgan fingerprint density at radius 3 is 2.63 bits per heavy atom. The van der Waals surface area contributed by atoms with Crippen LogP contribution in [0.15, 0.2) is 52.1 Å². The molecule has 1 aromatic heterocycles. The van der Waals surface area contributed by atoms with Crippen molar-refractivity contribution < 1.29 is 22.7 Å². The standard InChI is InChI=1S/C20H22BrN3O5S/c1-14-11-16(4-5-18(14)21)23-19(25)13-29-20(26)15-6-9-24(10-7-15)30(27,28)17-3-2-8-22-12-17/h2-5,8,11-12,15H,6-7,9-10,13H2,1H3,(H,23,25). The molecule has 0 bridgehead atoms. The molecule has 1 saturated heterocycles. The first-order valence-corrected chi connectivity index (χ1v) is 11.6. The van der Waals surface area contributed by atoms with E-state index in [1.807, 2.05) is 19.1 Å². The molecule has 1 aliphatic heterocycles. The van der Waals surface area contributed by atoms with Crippen LogP contribution in [0.1, 0.15) is 18.4 Å². The summed E-state index contributed by atoms with van der Waals surface area (Å²) >= 11 is 3.39. The zero-order valence-electron chi connectivity index (χ0n) is 16.4. The molecule has 0 saturated carbocycles. The zero-order chi connectivity index (χ0) is 21.7. The maximum absolute atomic E-state index is 12.6. The van der Waals surface area contributed by atoms with Gasteiger partial charge in [-0.25, -0.2) is 8.42 Å². The Labute approximate surface area is 183 Å². The van der Waals surface area contributed by atoms with E-state index in [0.29, 0.717) is 18.5 Å². The number of amides is 1. The highest BCUT2D eigenvalue weighted by Crippen LogP contribution is 2.24. The molecule has 0 aliphatic carbocycles. The van der Waals surface area contributed by atoms with Crippen molar-refractivity contribution in [1.82, 2.24) is 9.29 Å². The molecule has 160 valence electrons. The predicted octanol–water partition coefficient (Wildman–Crippen LogP) is 2.74. The normalized spacial score (nSPS) is 15.5. The van der Waals surface area contributed by atoms with Crippen LogP contribution in [-0.4, -0.2) is 49.3 Å². The van der Waals surface area contributed by atoms with Crippen molar-refractivity contribution in [2.45, 2.75) is 24.7 Å². The second-order valence-corrected chi connectivity index (χ2v) is 9.78. The third kappa shape index (κ3) is 5.44. The van der Waals surface area contributed by atoms with Crippen LogP contribution in [-0.2, 0) is 24.3 Å². The number of hydrogen-bond donors (Lipinski definition) is 1. The fraction of sp³-hybridized carbons (Fsp3) is 0.350. The summed E-state index contributed by atoms with van der Waals surface area (Å²) in [5.74, 6) is -1.36. The van der Waals surface area contributed by atoms with Crippen LogP contribution in [0.5, 0.6) is 0 Å². The molecule has 1 aliphatic rings. The van der Waals surface area contributed by atoms with Crippen molar-refractivity contribution in [2.75, 3.05) is 25.0 Å². The van der Waals surface area contributed by atoms with E-state index in [2.05, 4.69) is 26.2 Å². The Balaban J connectivity index is 1.47. The Hall–Kier alpha value is -2.30. The van der Waals surface area contributed by atoms with Crippen molar-refractivity contribution in [3.63, 3.8) is 0 Å². The Morgan fingerprint density at radius 2 is 2.00 bits per heavy atom. The smallest absolute Gasteiger partial charge is 0.309 e. The summed E-state index contributed by atoms with van der Waals surface area (Å²) in [5.41, 5.74) is 1.59. The fourth-order valence-electron chi connectivity index (χ4n) is 3.15. The number of pyridine rings is 1. The third-order valence-corrected chi connectivity index (χ3v) is 7.62. The van der Waals surface area contributed by atoms with Crippen molar-refractivity contribution in [3.8, 4) is 0 Å². The maximum Gasteiger partial charge on any atom is 0.309 e. The SMILES string of the molecule is Cc1cc(NC(=O)COC(=O)C2CCN(S(=O)(=O)c3cccnc3)CC2)ccc1Br. The number of nitrogens with zero attached hydrogens (tertiary/aromatic N) is 2. The number of sulfonamides is 1. The zero-order valence-corrected chi connectivity index (χ0v) is 18.8. The summed E-state index contributed by atoms with van der Waals surface area (Å²) in [6.07, 6.45) is 3.49. The second-order valence-electron chi connectivity index (χ2n) is 6.99. The number of aryl methyl sites for hydroxylation is 1. The van der Waals surface area contributed by atoms with Gasteiger partial charge in [-0.1, -0.05) is 15.9 Å². The maximum atomic E-state index is 12.6. The van der Waals surface area contributed by atoms with E-state index >= 15 is 0 Å². The summed E-state index contributed by atoms with van der Waals surface area (Å²) in [6.45, 7) is 1.94. The van der Waals surface area contributed by atoms with Gasteiger partial charge < -0.3 is 10.1 Å². The van der Waals surface area contributed by atoms with Gasteiger partial charge in [0.15, 0.2) is 6.61 Å². The van der Waals surface area contributed by atoms with E-state index < -0.39 is 27.8 Å². The lowest BCUT2D eigenvalue weighted by molar-refractivity contribution is -0.152. The number of nitrogens with one attached hydrogen (secondary N) is 1. The largest absolute Gasteiger partial charge is 0.455 e. The number of aromatic nitrogens is 1. The number of carbonyl (C=O) groups excluding carboxylic acids is 2. The van der Waals surface area contributed by atoms with Gasteiger partial charge in [0.05, 0.1) is 5.92 Å². The summed E-state index contributed by atoms with van der Waals surface area (Å²) in [7, 11) is -3.63. The Morgan fingerprint density at radius 1 is 1.27 bits per heavy atom. The first-order chi connectivity index (χ1) is 14.3. The highest BCUT2D eigenvalue weighted by molar-refractivity contribution is 9.10. The molecule has 2 heterocycles. The van der Waals surface area contributed by atoms with Crippen LogP contribution in [0.25, 0.3) is 0 Å². The van der Waals surface area contributed by atoms with Crippen LogP contribution in [0.2, 0.25) is 0 Å². The summed E-state index contributed by atoms with van der Waals surface area (Å²) in [4.78, 5) is 28.3. The number of benzene rings is 1. The van der Waals surface area contributed by atoms with E-state index in [-0.39, 0.29) is 24.6 Å². The average Bonchev–Trinajstić information content (AvgIpc) is 2.75. The number of halogens is 1. The van der Waals surface area contributed by atoms with E-state index in [0.717, 1.165) is 10.0 Å². The predicted molar refractivity (Wildman–Crippen MR) is 114 cm³/mol. The number of rotatable bonds is 6. The topological polar surface area (TPSA) is 106 Å². The van der Waals surface area contributed by atoms with Gasteiger partial charge in [-0.3, -0.25) is 14.6 Å². The van der Waals surface area contributed by atoms with Crippen molar-refractivity contribution in [2.24, 2.45) is 5.92 Å². The number of esters is 1. The van der Waals surface area contributed by atoms with Gasteiger partial charge in [0.25, 0.3) is 5.91 Å². The van der Waals surface area contributed by atoms with Gasteiger partial charge in [-0.05, 0) is 55.7 Å². The van der Waals surface area contributed by atoms with Gasteiger partial charge in [-0.2, -0.15) is 4.31 Å². The molecular weight excluding hydrogens is 474 g/mol. The third-order valence-electron chi connectivity index (χ3n) is 4.85. The number of carbonyl (C=O) groups is 2. The highest BCUT2D eigenvalue weighted by Gasteiger charge is 2.33. The molecule has 0 unspecified atom stereocenters. The van der Waals surface area contributed by atoms with Gasteiger partial charge in [-0.15, -0.1) is 0 Å². The summed E-state index contributed by atoms with van der Waals surface area (Å²) < 4.78 is 32.6. The molecule has 1 amide bonds. The molecule has 0 spiro atoms. The minimum absolute atomic E-state index is 0.130. The Kier molecular flexibility index (Phi) is 7.22. The van der Waals surface area contributed by atoms with Crippen molar-refractivity contribution >= 4 is 43.5 Å². The Bertz CT molecular complexity index is 1020. The first kappa shape index (κ1) is 22.4. The second kappa shape index (κ2) is 9.67. The van der Waals surface area contributed by atoms with Gasteiger partial charge in [0.1, 0.15) is 4.90 Å². The van der Waals surface area contributed by atoms with Crippen LogP contribution in [0.4, 0.5) is 5.69 Å². The van der Waals surface area contributed by atoms with E-state index in [4.69, 9.17) is 4.74 Å². The number of piperidine rings is 1. The molecule has 0 atom stereocenters. The minimum Gasteiger partial charge on any atom is -0.455 e. The molecule has 1 N–H and O–H groups in total.